The maximum absolute atomic E-state index is 9.71. The Morgan fingerprint density at radius 3 is 2.94 bits per heavy atom. The highest BCUT2D eigenvalue weighted by atomic mass is 35.5. The number of fused-ring (bicyclic) bond motifs is 1. The first kappa shape index (κ1) is 11.5. The van der Waals surface area contributed by atoms with Gasteiger partial charge in [0, 0.05) is 5.92 Å². The molecule has 1 aliphatic carbocycles. The van der Waals surface area contributed by atoms with Crippen LogP contribution in [0.5, 0.6) is 0 Å². The molecule has 2 aliphatic heterocycles. The third kappa shape index (κ3) is 1.73. The fraction of sp³-hybridized carbons (Fsp3) is 0.455. The molecule has 0 aromatic carbocycles. The van der Waals surface area contributed by atoms with Crippen LogP contribution in [0.25, 0.3) is 0 Å². The van der Waals surface area contributed by atoms with Gasteiger partial charge in [0.05, 0.1) is 18.0 Å². The predicted molar refractivity (Wildman–Crippen MR) is 57.5 cm³/mol. The first-order valence-corrected chi connectivity index (χ1v) is 5.23. The molecule has 1 unspecified atom stereocenters. The second-order valence-electron chi connectivity index (χ2n) is 4.71. The number of allylic oxidation sites excluding steroid dienone is 2. The van der Waals surface area contributed by atoms with Gasteiger partial charge in [0.25, 0.3) is 0 Å². The van der Waals surface area contributed by atoms with Gasteiger partial charge in [-0.25, -0.2) is 9.89 Å². The van der Waals surface area contributed by atoms with E-state index in [1.807, 2.05) is 25.7 Å². The molecule has 16 heavy (non-hydrogen) atoms. The van der Waals surface area contributed by atoms with Gasteiger partial charge in [-0.15, -0.1) is 0 Å². The van der Waals surface area contributed by atoms with Crippen molar-refractivity contribution in [2.24, 2.45) is 15.9 Å². The average molecular weight is 240 g/mol. The number of rotatable bonds is 1. The van der Waals surface area contributed by atoms with Gasteiger partial charge in [-0.05, 0) is 19.8 Å². The summed E-state index contributed by atoms with van der Waals surface area (Å²) in [5.74, 6) is 0.404. The number of nitrogens with one attached hydrogen (secondary N) is 1. The van der Waals surface area contributed by atoms with Crippen molar-refractivity contribution >= 4 is 12.6 Å². The zero-order valence-corrected chi connectivity index (χ0v) is 9.78. The molecular formula is C11H14ClN3O. The summed E-state index contributed by atoms with van der Waals surface area (Å²) in [6, 6.07) is 0. The van der Waals surface area contributed by atoms with E-state index in [0.717, 1.165) is 29.1 Å². The fourth-order valence-corrected chi connectivity index (χ4v) is 2.46. The van der Waals surface area contributed by atoms with Crippen LogP contribution in [0.3, 0.4) is 0 Å². The summed E-state index contributed by atoms with van der Waals surface area (Å²) in [6.45, 7) is 1.88. The molecule has 5 heteroatoms. The highest BCUT2D eigenvalue weighted by molar-refractivity contribution is 5.81. The van der Waals surface area contributed by atoms with Gasteiger partial charge in [-0.2, -0.15) is 0 Å². The molecule has 0 aromatic rings. The minimum absolute atomic E-state index is 0. The quantitative estimate of drug-likeness (QED) is 0.499. The van der Waals surface area contributed by atoms with Crippen LogP contribution in [-0.2, 0) is 0 Å². The van der Waals surface area contributed by atoms with Crippen LogP contribution in [0.15, 0.2) is 33.8 Å². The van der Waals surface area contributed by atoms with Crippen molar-refractivity contribution in [2.75, 3.05) is 0 Å². The molecule has 0 amide bonds. The Morgan fingerprint density at radius 2 is 2.25 bits per heavy atom. The number of aliphatic hydroxyl groups is 1. The summed E-state index contributed by atoms with van der Waals surface area (Å²) >= 11 is 0. The van der Waals surface area contributed by atoms with E-state index >= 15 is 0 Å². The summed E-state index contributed by atoms with van der Waals surface area (Å²) in [5, 5.41) is 9.71. The molecule has 1 atom stereocenters. The van der Waals surface area contributed by atoms with Gasteiger partial charge >= 0.3 is 0 Å². The van der Waals surface area contributed by atoms with E-state index in [9.17, 15) is 5.11 Å². The minimum Gasteiger partial charge on any atom is -1.00 e. The van der Waals surface area contributed by atoms with E-state index in [1.54, 1.807) is 6.20 Å². The lowest BCUT2D eigenvalue weighted by Crippen LogP contribution is -3.04. The van der Waals surface area contributed by atoms with Gasteiger partial charge in [-0.1, -0.05) is 0 Å². The summed E-state index contributed by atoms with van der Waals surface area (Å²) in [7, 11) is 0. The lowest BCUT2D eigenvalue weighted by Gasteiger charge is -2.40. The molecule has 4 nitrogen and oxygen atoms in total. The fourth-order valence-electron chi connectivity index (χ4n) is 2.46. The van der Waals surface area contributed by atoms with Crippen molar-refractivity contribution in [2.45, 2.75) is 25.4 Å². The van der Waals surface area contributed by atoms with E-state index < -0.39 is 5.60 Å². The van der Waals surface area contributed by atoms with E-state index in [4.69, 9.17) is 0 Å². The Hall–Kier alpha value is -0.970. The maximum Gasteiger partial charge on any atom is 0.198 e. The molecule has 0 spiro atoms. The van der Waals surface area contributed by atoms with Crippen LogP contribution in [-0.4, -0.2) is 23.3 Å². The monoisotopic (exact) mass is 239 g/mol. The highest BCUT2D eigenvalue weighted by Gasteiger charge is 2.43. The Morgan fingerprint density at radius 1 is 1.50 bits per heavy atom. The predicted octanol–water partition coefficient (Wildman–Crippen LogP) is -3.15. The molecule has 3 aliphatic rings. The number of hydrogen-bond donors (Lipinski definition) is 2. The lowest BCUT2D eigenvalue weighted by atomic mass is 9.70. The average Bonchev–Trinajstić information content (AvgIpc) is 2.57. The van der Waals surface area contributed by atoms with Crippen molar-refractivity contribution in [3.63, 3.8) is 0 Å². The minimum atomic E-state index is -0.488. The Kier molecular flexibility index (Phi) is 2.74. The molecule has 2 heterocycles. The largest absolute Gasteiger partial charge is 1.00 e. The molecule has 0 bridgehead atoms. The molecule has 1 saturated carbocycles. The molecule has 1 fully saturated rings. The molecule has 0 aromatic heterocycles. The Balaban J connectivity index is 0.000000963. The third-order valence-electron chi connectivity index (χ3n) is 3.23. The van der Waals surface area contributed by atoms with Gasteiger partial charge in [0.15, 0.2) is 12.0 Å². The zero-order chi connectivity index (χ0) is 10.5. The number of halogens is 1. The number of quaternary nitrogens is 1. The first-order valence-electron chi connectivity index (χ1n) is 5.23. The molecule has 0 radical (unpaired) electrons. The maximum atomic E-state index is 9.71. The third-order valence-corrected chi connectivity index (χ3v) is 3.23. The van der Waals surface area contributed by atoms with Crippen LogP contribution >= 0.6 is 0 Å². The van der Waals surface area contributed by atoms with Crippen molar-refractivity contribution in [3.8, 4) is 0 Å². The SMILES string of the molecule is CC1(O)CC(C2=C3C=NC=C[NH+]3C=N2)C1.[Cl-]. The van der Waals surface area contributed by atoms with Crippen LogP contribution in [0.2, 0.25) is 0 Å². The van der Waals surface area contributed by atoms with Crippen molar-refractivity contribution in [3.05, 3.63) is 23.8 Å². The summed E-state index contributed by atoms with van der Waals surface area (Å²) < 4.78 is 0. The standard InChI is InChI=1S/C11H13N3O.ClH/c1-11(15)4-8(5-11)10-9-6-12-2-3-14(9)7-13-10;/h2-3,6-8,15H,4-5H2,1H3;1H. The second kappa shape index (κ2) is 3.80. The lowest BCUT2D eigenvalue weighted by molar-refractivity contribution is -0.682. The van der Waals surface area contributed by atoms with Crippen LogP contribution in [0.1, 0.15) is 19.8 Å². The van der Waals surface area contributed by atoms with Crippen LogP contribution in [0, 0.1) is 5.92 Å². The second-order valence-corrected chi connectivity index (χ2v) is 4.71. The van der Waals surface area contributed by atoms with E-state index in [1.165, 1.54) is 0 Å². The van der Waals surface area contributed by atoms with Crippen LogP contribution in [0.4, 0.5) is 0 Å². The molecule has 0 saturated heterocycles. The molecule has 2 N–H and O–H groups in total. The molecule has 86 valence electrons. The number of hydrogen-bond acceptors (Lipinski definition) is 3. The normalized spacial score (nSPS) is 39.4. The van der Waals surface area contributed by atoms with E-state index in [2.05, 4.69) is 9.98 Å². The summed E-state index contributed by atoms with van der Waals surface area (Å²) in [6.07, 6.45) is 9.14. The topological polar surface area (TPSA) is 49.4 Å². The first-order chi connectivity index (χ1) is 7.16. The van der Waals surface area contributed by atoms with Crippen LogP contribution < -0.4 is 17.3 Å². The zero-order valence-electron chi connectivity index (χ0n) is 9.02. The van der Waals surface area contributed by atoms with Gasteiger partial charge in [0.2, 0.25) is 0 Å². The van der Waals surface area contributed by atoms with Gasteiger partial charge < -0.3 is 17.5 Å². The highest BCUT2D eigenvalue weighted by Crippen LogP contribution is 2.42. The summed E-state index contributed by atoms with van der Waals surface area (Å²) in [5.41, 5.74) is 1.75. The number of nitrogens with zero attached hydrogens (tertiary/aromatic N) is 2. The Bertz CT molecular complexity index is 415. The Labute approximate surface area is 100 Å². The van der Waals surface area contributed by atoms with E-state index in [0.29, 0.717) is 5.92 Å². The van der Waals surface area contributed by atoms with E-state index in [-0.39, 0.29) is 12.4 Å². The van der Waals surface area contributed by atoms with Crippen molar-refractivity contribution in [1.29, 1.82) is 0 Å². The smallest absolute Gasteiger partial charge is 0.198 e. The molecular weight excluding hydrogens is 226 g/mol. The van der Waals surface area contributed by atoms with Crippen molar-refractivity contribution in [1.82, 2.24) is 0 Å². The summed E-state index contributed by atoms with van der Waals surface area (Å²) in [4.78, 5) is 9.70. The van der Waals surface area contributed by atoms with Gasteiger partial charge in [-0.3, -0.25) is 4.99 Å². The molecule has 3 rings (SSSR count). The van der Waals surface area contributed by atoms with Crippen molar-refractivity contribution < 1.29 is 22.4 Å². The van der Waals surface area contributed by atoms with Gasteiger partial charge in [0.1, 0.15) is 11.9 Å². The number of aliphatic imine (C=N–C) groups is 2.